The molecular formula is C18H13ClF4N4O. The second-order valence-corrected chi connectivity index (χ2v) is 6.18. The highest BCUT2D eigenvalue weighted by atomic mass is 35.5. The minimum Gasteiger partial charge on any atom is -0.397 e. The van der Waals surface area contributed by atoms with Gasteiger partial charge in [0, 0.05) is 11.8 Å². The first kappa shape index (κ1) is 19.6. The Hall–Kier alpha value is -3.20. The van der Waals surface area contributed by atoms with Crippen LogP contribution in [0.25, 0.3) is 11.3 Å². The van der Waals surface area contributed by atoms with Crippen LogP contribution in [0.2, 0.25) is 5.02 Å². The molecule has 10 heteroatoms. The molecule has 0 radical (unpaired) electrons. The molecule has 0 bridgehead atoms. The van der Waals surface area contributed by atoms with Crippen molar-refractivity contribution in [2.75, 3.05) is 16.4 Å². The maximum atomic E-state index is 14.3. The van der Waals surface area contributed by atoms with Gasteiger partial charge in [-0.15, -0.1) is 0 Å². The smallest absolute Gasteiger partial charge is 0.397 e. The number of nitrogens with one attached hydrogen (secondary N) is 3. The van der Waals surface area contributed by atoms with E-state index in [2.05, 4.69) is 15.6 Å². The SMILES string of the molecule is Nc1cc[nH]c1-c1ccc(NC(=O)Nc2cc(C(F)(F)F)ccc2Cl)c(F)c1. The molecule has 0 unspecified atom stereocenters. The fourth-order valence-corrected chi connectivity index (χ4v) is 2.64. The minimum atomic E-state index is -4.60. The van der Waals surface area contributed by atoms with E-state index in [1.54, 1.807) is 12.3 Å². The Morgan fingerprint density at radius 1 is 1.04 bits per heavy atom. The summed E-state index contributed by atoms with van der Waals surface area (Å²) in [4.78, 5) is 14.9. The lowest BCUT2D eigenvalue weighted by atomic mass is 10.1. The lowest BCUT2D eigenvalue weighted by Crippen LogP contribution is -2.20. The van der Waals surface area contributed by atoms with Crippen molar-refractivity contribution in [2.24, 2.45) is 0 Å². The quantitative estimate of drug-likeness (QED) is 0.415. The third kappa shape index (κ3) is 4.20. The van der Waals surface area contributed by atoms with Gasteiger partial charge in [-0.2, -0.15) is 13.2 Å². The molecule has 5 nitrogen and oxygen atoms in total. The summed E-state index contributed by atoms with van der Waals surface area (Å²) in [6.45, 7) is 0. The van der Waals surface area contributed by atoms with E-state index in [1.807, 2.05) is 0 Å². The molecule has 5 N–H and O–H groups in total. The van der Waals surface area contributed by atoms with Crippen molar-refractivity contribution in [3.05, 3.63) is 65.1 Å². The Morgan fingerprint density at radius 2 is 1.75 bits per heavy atom. The molecule has 0 saturated carbocycles. The van der Waals surface area contributed by atoms with Gasteiger partial charge in [0.2, 0.25) is 0 Å². The number of nitrogen functional groups attached to an aromatic ring is 1. The van der Waals surface area contributed by atoms with Crippen molar-refractivity contribution in [3.8, 4) is 11.3 Å². The highest BCUT2D eigenvalue weighted by Gasteiger charge is 2.31. The predicted molar refractivity (Wildman–Crippen MR) is 99.7 cm³/mol. The molecule has 3 rings (SSSR count). The zero-order valence-electron chi connectivity index (χ0n) is 14.0. The second-order valence-electron chi connectivity index (χ2n) is 5.77. The van der Waals surface area contributed by atoms with Gasteiger partial charge in [0.25, 0.3) is 0 Å². The molecule has 0 spiro atoms. The number of carbonyl (C=O) groups excluding carboxylic acids is 1. The summed E-state index contributed by atoms with van der Waals surface area (Å²) in [7, 11) is 0. The highest BCUT2D eigenvalue weighted by molar-refractivity contribution is 6.33. The molecule has 2 aromatic carbocycles. The standard InChI is InChI=1S/C18H13ClF4N4O/c19-11-3-2-10(18(21,22)23)8-15(11)27-17(28)26-14-4-1-9(7-12(14)20)16-13(24)5-6-25-16/h1-8,25H,24H2,(H2,26,27,28). The Bertz CT molecular complexity index is 1030. The zero-order chi connectivity index (χ0) is 20.5. The first-order valence-corrected chi connectivity index (χ1v) is 8.20. The van der Waals surface area contributed by atoms with Crippen LogP contribution in [-0.4, -0.2) is 11.0 Å². The van der Waals surface area contributed by atoms with Crippen molar-refractivity contribution >= 4 is 34.7 Å². The number of rotatable bonds is 3. The number of anilines is 3. The van der Waals surface area contributed by atoms with Crippen LogP contribution in [0.3, 0.4) is 0 Å². The van der Waals surface area contributed by atoms with E-state index >= 15 is 0 Å². The number of urea groups is 1. The monoisotopic (exact) mass is 412 g/mol. The van der Waals surface area contributed by atoms with Gasteiger partial charge in [0.05, 0.1) is 33.3 Å². The van der Waals surface area contributed by atoms with E-state index < -0.39 is 23.6 Å². The topological polar surface area (TPSA) is 82.9 Å². The summed E-state index contributed by atoms with van der Waals surface area (Å²) >= 11 is 5.82. The second kappa shape index (κ2) is 7.43. The van der Waals surface area contributed by atoms with Crippen LogP contribution in [0.4, 0.5) is 39.4 Å². The van der Waals surface area contributed by atoms with Gasteiger partial charge in [0.1, 0.15) is 5.82 Å². The molecule has 1 heterocycles. The van der Waals surface area contributed by atoms with E-state index in [0.717, 1.165) is 18.2 Å². The van der Waals surface area contributed by atoms with Crippen LogP contribution < -0.4 is 16.4 Å². The molecule has 2 amide bonds. The van der Waals surface area contributed by atoms with Gasteiger partial charge in [-0.3, -0.25) is 0 Å². The fraction of sp³-hybridized carbons (Fsp3) is 0.0556. The number of amides is 2. The molecule has 3 aromatic rings. The molecule has 28 heavy (non-hydrogen) atoms. The average molecular weight is 413 g/mol. The lowest BCUT2D eigenvalue weighted by Gasteiger charge is -2.13. The Morgan fingerprint density at radius 3 is 2.36 bits per heavy atom. The van der Waals surface area contributed by atoms with E-state index in [-0.39, 0.29) is 16.4 Å². The van der Waals surface area contributed by atoms with E-state index in [0.29, 0.717) is 23.0 Å². The Balaban J connectivity index is 1.76. The lowest BCUT2D eigenvalue weighted by molar-refractivity contribution is -0.137. The predicted octanol–water partition coefficient (Wildman–Crippen LogP) is 5.72. The van der Waals surface area contributed by atoms with Gasteiger partial charge in [0.15, 0.2) is 0 Å². The van der Waals surface area contributed by atoms with Crippen molar-refractivity contribution in [3.63, 3.8) is 0 Å². The molecule has 1 aromatic heterocycles. The Labute approximate surface area is 161 Å². The summed E-state index contributed by atoms with van der Waals surface area (Å²) in [5, 5.41) is 4.30. The van der Waals surface area contributed by atoms with Crippen molar-refractivity contribution in [1.82, 2.24) is 4.98 Å². The number of alkyl halides is 3. The maximum Gasteiger partial charge on any atom is 0.416 e. The van der Waals surface area contributed by atoms with Crippen LogP contribution in [0.1, 0.15) is 5.56 Å². The van der Waals surface area contributed by atoms with Crippen molar-refractivity contribution < 1.29 is 22.4 Å². The molecular weight excluding hydrogens is 400 g/mol. The van der Waals surface area contributed by atoms with Gasteiger partial charge < -0.3 is 21.4 Å². The molecule has 0 aliphatic rings. The zero-order valence-corrected chi connectivity index (χ0v) is 14.8. The van der Waals surface area contributed by atoms with Crippen LogP contribution in [0.5, 0.6) is 0 Å². The number of halogens is 5. The van der Waals surface area contributed by atoms with Crippen LogP contribution >= 0.6 is 11.6 Å². The summed E-state index contributed by atoms with van der Waals surface area (Å²) in [5.41, 5.74) is 5.76. The minimum absolute atomic E-state index is 0.0961. The molecule has 0 atom stereocenters. The fourth-order valence-electron chi connectivity index (χ4n) is 2.48. The van der Waals surface area contributed by atoms with Crippen LogP contribution in [-0.2, 0) is 6.18 Å². The van der Waals surface area contributed by atoms with Gasteiger partial charge in [-0.1, -0.05) is 17.7 Å². The van der Waals surface area contributed by atoms with Gasteiger partial charge in [-0.25, -0.2) is 9.18 Å². The number of carbonyl (C=O) groups is 1. The molecule has 0 aliphatic heterocycles. The number of aromatic amines is 1. The van der Waals surface area contributed by atoms with E-state index in [4.69, 9.17) is 17.3 Å². The van der Waals surface area contributed by atoms with Crippen LogP contribution in [0, 0.1) is 5.82 Å². The number of aromatic nitrogens is 1. The van der Waals surface area contributed by atoms with Crippen LogP contribution in [0.15, 0.2) is 48.7 Å². The summed E-state index contributed by atoms with van der Waals surface area (Å²) in [5.74, 6) is -0.753. The highest BCUT2D eigenvalue weighted by Crippen LogP contribution is 2.34. The molecule has 0 fully saturated rings. The van der Waals surface area contributed by atoms with E-state index in [1.165, 1.54) is 12.1 Å². The van der Waals surface area contributed by atoms with Crippen molar-refractivity contribution in [2.45, 2.75) is 6.18 Å². The number of hydrogen-bond acceptors (Lipinski definition) is 2. The number of H-pyrrole nitrogens is 1. The first-order chi connectivity index (χ1) is 13.1. The molecule has 0 aliphatic carbocycles. The first-order valence-electron chi connectivity index (χ1n) is 7.82. The van der Waals surface area contributed by atoms with Gasteiger partial charge >= 0.3 is 12.2 Å². The van der Waals surface area contributed by atoms with E-state index in [9.17, 15) is 22.4 Å². The summed E-state index contributed by atoms with van der Waals surface area (Å²) < 4.78 is 52.7. The average Bonchev–Trinajstić information content (AvgIpc) is 3.03. The third-order valence-corrected chi connectivity index (χ3v) is 4.16. The van der Waals surface area contributed by atoms with Crippen molar-refractivity contribution in [1.29, 1.82) is 0 Å². The summed E-state index contributed by atoms with van der Waals surface area (Å²) in [6.07, 6.45) is -3.00. The maximum absolute atomic E-state index is 14.3. The third-order valence-electron chi connectivity index (χ3n) is 3.83. The molecule has 0 saturated heterocycles. The summed E-state index contributed by atoms with van der Waals surface area (Å²) in [6, 6.07) is 7.14. The Kier molecular flexibility index (Phi) is 5.19. The number of hydrogen-bond donors (Lipinski definition) is 4. The van der Waals surface area contributed by atoms with Gasteiger partial charge in [-0.05, 0) is 36.4 Å². The normalized spacial score (nSPS) is 11.3. The molecule has 146 valence electrons. The number of benzene rings is 2. The largest absolute Gasteiger partial charge is 0.416 e. The number of nitrogens with two attached hydrogens (primary N) is 1.